The number of hydrogen-bond acceptors (Lipinski definition) is 5. The van der Waals surface area contributed by atoms with Gasteiger partial charge in [0.05, 0.1) is 10.7 Å². The van der Waals surface area contributed by atoms with Crippen LogP contribution in [-0.2, 0) is 4.79 Å². The maximum Gasteiger partial charge on any atom is 0.269 e. The number of carbonyl (C=O) groups is 1. The van der Waals surface area contributed by atoms with Gasteiger partial charge in [-0.2, -0.15) is 0 Å². The van der Waals surface area contributed by atoms with Crippen molar-refractivity contribution in [1.82, 2.24) is 9.80 Å². The maximum atomic E-state index is 12.0. The average Bonchev–Trinajstić information content (AvgIpc) is 2.80. The van der Waals surface area contributed by atoms with Gasteiger partial charge in [-0.1, -0.05) is 12.1 Å². The molecule has 1 heterocycles. The first-order chi connectivity index (χ1) is 9.99. The van der Waals surface area contributed by atoms with Gasteiger partial charge in [0.25, 0.3) is 5.69 Å². The average molecular weight is 309 g/mol. The molecule has 0 spiro atoms. The van der Waals surface area contributed by atoms with Gasteiger partial charge in [-0.15, -0.1) is 11.8 Å². The van der Waals surface area contributed by atoms with Crippen LogP contribution in [0.1, 0.15) is 17.4 Å². The zero-order valence-electron chi connectivity index (χ0n) is 12.2. The molecule has 1 atom stereocenters. The van der Waals surface area contributed by atoms with E-state index in [1.54, 1.807) is 12.1 Å². The Balaban J connectivity index is 2.11. The van der Waals surface area contributed by atoms with Crippen molar-refractivity contribution in [3.8, 4) is 0 Å². The molecule has 1 aromatic rings. The fourth-order valence-electron chi connectivity index (χ4n) is 2.32. The Hall–Kier alpha value is -1.60. The summed E-state index contributed by atoms with van der Waals surface area (Å²) in [4.78, 5) is 26.4. The zero-order valence-corrected chi connectivity index (χ0v) is 13.0. The Morgan fingerprint density at radius 1 is 1.48 bits per heavy atom. The predicted octanol–water partition coefficient (Wildman–Crippen LogP) is 2.12. The number of nitro benzene ring substituents is 1. The Morgan fingerprint density at radius 2 is 2.24 bits per heavy atom. The van der Waals surface area contributed by atoms with Gasteiger partial charge in [-0.25, -0.2) is 0 Å². The molecule has 0 N–H and O–H groups in total. The van der Waals surface area contributed by atoms with Crippen LogP contribution in [-0.4, -0.2) is 53.6 Å². The van der Waals surface area contributed by atoms with E-state index in [2.05, 4.69) is 4.90 Å². The van der Waals surface area contributed by atoms with Crippen molar-refractivity contribution in [2.75, 3.05) is 32.9 Å². The molecule has 1 aromatic carbocycles. The summed E-state index contributed by atoms with van der Waals surface area (Å²) in [6.45, 7) is 1.59. The second-order valence-electron chi connectivity index (χ2n) is 5.26. The van der Waals surface area contributed by atoms with Gasteiger partial charge in [0.1, 0.15) is 5.37 Å². The summed E-state index contributed by atoms with van der Waals surface area (Å²) < 4.78 is 0. The normalized spacial score (nSPS) is 18.5. The highest BCUT2D eigenvalue weighted by molar-refractivity contribution is 8.00. The van der Waals surface area contributed by atoms with Crippen LogP contribution in [0.2, 0.25) is 0 Å². The Morgan fingerprint density at radius 3 is 2.90 bits per heavy atom. The van der Waals surface area contributed by atoms with Crippen molar-refractivity contribution < 1.29 is 9.72 Å². The predicted molar refractivity (Wildman–Crippen MR) is 83.2 cm³/mol. The first-order valence-electron chi connectivity index (χ1n) is 6.79. The van der Waals surface area contributed by atoms with Crippen molar-refractivity contribution in [1.29, 1.82) is 0 Å². The topological polar surface area (TPSA) is 66.7 Å². The van der Waals surface area contributed by atoms with E-state index in [1.165, 1.54) is 17.8 Å². The molecular weight excluding hydrogens is 290 g/mol. The molecule has 6 nitrogen and oxygen atoms in total. The summed E-state index contributed by atoms with van der Waals surface area (Å²) in [7, 11) is 4.00. The van der Waals surface area contributed by atoms with Gasteiger partial charge in [0, 0.05) is 18.7 Å². The van der Waals surface area contributed by atoms with Gasteiger partial charge in [-0.05, 0) is 32.6 Å². The minimum absolute atomic E-state index is 0.0701. The first kappa shape index (κ1) is 15.8. The third-order valence-electron chi connectivity index (χ3n) is 3.34. The lowest BCUT2D eigenvalue weighted by Crippen LogP contribution is -2.31. The molecule has 0 bridgehead atoms. The van der Waals surface area contributed by atoms with Gasteiger partial charge in [-0.3, -0.25) is 14.9 Å². The summed E-state index contributed by atoms with van der Waals surface area (Å²) in [5, 5.41) is 10.8. The molecule has 1 aliphatic heterocycles. The minimum atomic E-state index is -0.401. The summed E-state index contributed by atoms with van der Waals surface area (Å²) in [6.07, 6.45) is 0.894. The third kappa shape index (κ3) is 3.95. The number of nitro groups is 1. The molecule has 1 aliphatic rings. The number of hydrogen-bond donors (Lipinski definition) is 0. The molecule has 1 amide bonds. The second kappa shape index (κ2) is 6.91. The molecule has 0 aromatic heterocycles. The van der Waals surface area contributed by atoms with Crippen LogP contribution in [0.15, 0.2) is 24.3 Å². The van der Waals surface area contributed by atoms with E-state index in [-0.39, 0.29) is 17.0 Å². The highest BCUT2D eigenvalue weighted by atomic mass is 32.2. The highest BCUT2D eigenvalue weighted by Gasteiger charge is 2.32. The van der Waals surface area contributed by atoms with E-state index in [0.717, 1.165) is 18.5 Å². The van der Waals surface area contributed by atoms with Crippen LogP contribution in [0.25, 0.3) is 0 Å². The highest BCUT2D eigenvalue weighted by Crippen LogP contribution is 2.39. The van der Waals surface area contributed by atoms with E-state index < -0.39 is 4.92 Å². The quantitative estimate of drug-likeness (QED) is 0.595. The van der Waals surface area contributed by atoms with Crippen LogP contribution in [0.3, 0.4) is 0 Å². The largest absolute Gasteiger partial charge is 0.326 e. The fraction of sp³-hybridized carbons (Fsp3) is 0.500. The molecule has 0 aliphatic carbocycles. The molecule has 0 unspecified atom stereocenters. The minimum Gasteiger partial charge on any atom is -0.326 e. The van der Waals surface area contributed by atoms with E-state index in [1.807, 2.05) is 25.1 Å². The molecule has 7 heteroatoms. The summed E-state index contributed by atoms with van der Waals surface area (Å²) in [6, 6.07) is 6.56. The first-order valence-corrected chi connectivity index (χ1v) is 7.84. The molecule has 1 saturated heterocycles. The van der Waals surface area contributed by atoms with Crippen molar-refractivity contribution in [2.24, 2.45) is 0 Å². The summed E-state index contributed by atoms with van der Waals surface area (Å²) >= 11 is 1.53. The number of carbonyl (C=O) groups excluding carboxylic acids is 1. The number of thioether (sulfide) groups is 1. The van der Waals surface area contributed by atoms with Crippen molar-refractivity contribution in [3.05, 3.63) is 39.9 Å². The SMILES string of the molecule is CN(C)CCCN1C(=O)CS[C@H]1c1cccc([N+](=O)[O-])c1. The van der Waals surface area contributed by atoms with Gasteiger partial charge in [0.15, 0.2) is 0 Å². The third-order valence-corrected chi connectivity index (χ3v) is 4.59. The van der Waals surface area contributed by atoms with Gasteiger partial charge < -0.3 is 9.80 Å². The fourth-order valence-corrected chi connectivity index (χ4v) is 3.53. The smallest absolute Gasteiger partial charge is 0.269 e. The molecule has 21 heavy (non-hydrogen) atoms. The second-order valence-corrected chi connectivity index (χ2v) is 6.33. The maximum absolute atomic E-state index is 12.0. The van der Waals surface area contributed by atoms with Crippen LogP contribution >= 0.6 is 11.8 Å². The van der Waals surface area contributed by atoms with Crippen molar-refractivity contribution in [3.63, 3.8) is 0 Å². The molecule has 1 fully saturated rings. The number of amides is 1. The monoisotopic (exact) mass is 309 g/mol. The van der Waals surface area contributed by atoms with Crippen LogP contribution < -0.4 is 0 Å². The molecule has 0 radical (unpaired) electrons. The zero-order chi connectivity index (χ0) is 15.4. The van der Waals surface area contributed by atoms with Crippen LogP contribution in [0, 0.1) is 10.1 Å². The Bertz CT molecular complexity index is 536. The number of rotatable bonds is 6. The lowest BCUT2D eigenvalue weighted by atomic mass is 10.2. The van der Waals surface area contributed by atoms with Gasteiger partial charge >= 0.3 is 0 Å². The van der Waals surface area contributed by atoms with Crippen molar-refractivity contribution in [2.45, 2.75) is 11.8 Å². The van der Waals surface area contributed by atoms with E-state index in [0.29, 0.717) is 12.3 Å². The Labute approximate surface area is 128 Å². The van der Waals surface area contributed by atoms with E-state index >= 15 is 0 Å². The lowest BCUT2D eigenvalue weighted by molar-refractivity contribution is -0.384. The van der Waals surface area contributed by atoms with Crippen LogP contribution in [0.5, 0.6) is 0 Å². The number of benzene rings is 1. The Kier molecular flexibility index (Phi) is 5.19. The molecular formula is C14H19N3O3S. The standard InChI is InChI=1S/C14H19N3O3S/c1-15(2)7-4-8-16-13(18)10-21-14(16)11-5-3-6-12(9-11)17(19)20/h3,5-6,9,14H,4,7-8,10H2,1-2H3/t14-/m0/s1. The molecule has 2 rings (SSSR count). The van der Waals surface area contributed by atoms with E-state index in [9.17, 15) is 14.9 Å². The lowest BCUT2D eigenvalue weighted by Gasteiger charge is -2.24. The number of non-ortho nitro benzene ring substituents is 1. The summed E-state index contributed by atoms with van der Waals surface area (Å²) in [5.41, 5.74) is 0.894. The molecule has 114 valence electrons. The van der Waals surface area contributed by atoms with Crippen molar-refractivity contribution >= 4 is 23.4 Å². The van der Waals surface area contributed by atoms with Crippen LogP contribution in [0.4, 0.5) is 5.69 Å². The van der Waals surface area contributed by atoms with Gasteiger partial charge in [0.2, 0.25) is 5.91 Å². The van der Waals surface area contributed by atoms with E-state index in [4.69, 9.17) is 0 Å². The summed E-state index contributed by atoms with van der Waals surface area (Å²) in [5.74, 6) is 0.547. The number of nitrogens with zero attached hydrogens (tertiary/aromatic N) is 3. The molecule has 0 saturated carbocycles.